The average molecular weight is 609 g/mol. The number of benzene rings is 1. The molecule has 1 aromatic carbocycles. The van der Waals surface area contributed by atoms with Gasteiger partial charge in [-0.05, 0) is 119 Å². The number of hydrogen-bond acceptors (Lipinski definition) is 6. The van der Waals surface area contributed by atoms with Gasteiger partial charge in [-0.2, -0.15) is 0 Å². The molecule has 0 amide bonds. The van der Waals surface area contributed by atoms with Gasteiger partial charge in [0, 0.05) is 6.04 Å². The number of carbonyl (C=O) groups is 2. The number of allylic oxidation sites excluding steroid dienone is 3. The molecule has 0 aliphatic heterocycles. The minimum atomic E-state index is -0.654. The van der Waals surface area contributed by atoms with Crippen molar-refractivity contribution < 1.29 is 19.4 Å². The Labute approximate surface area is 267 Å². The molecule has 6 nitrogen and oxygen atoms in total. The number of ketones is 1. The molecule has 1 fully saturated rings. The summed E-state index contributed by atoms with van der Waals surface area (Å²) < 4.78 is 5.42. The molecule has 2 unspecified atom stereocenters. The molecule has 6 heteroatoms. The van der Waals surface area contributed by atoms with Gasteiger partial charge in [0.15, 0.2) is 0 Å². The van der Waals surface area contributed by atoms with E-state index in [1.807, 2.05) is 50.3 Å². The van der Waals surface area contributed by atoms with Gasteiger partial charge in [-0.15, -0.1) is 0 Å². The molecule has 0 saturated heterocycles. The van der Waals surface area contributed by atoms with Crippen LogP contribution in [-0.2, 0) is 9.53 Å². The molecule has 3 rings (SSSR count). The van der Waals surface area contributed by atoms with Crippen molar-refractivity contribution in [3.63, 3.8) is 0 Å². The first kappa shape index (κ1) is 36.2. The number of nitrogens with one attached hydrogen (secondary N) is 2. The van der Waals surface area contributed by atoms with Crippen LogP contribution in [0.5, 0.6) is 0 Å². The molecular formula is C38H60N2O4. The Kier molecular flexibility index (Phi) is 12.6. The standard InChI is InChI=1S/C38H60N2O4/c1-26(2)44-35(43)30-17-15-28(16-18-30)32(21-22-36(4,5)6)39-38(23-19-31(20-24-38)37(7,8)9)40-33(27(3)41)25-34(42)29-13-11-10-12-14-29/h10-11,13,15-18,26,31-34,39-40,42H,12,14,19-25H2,1-9H3/t31?,32-,33?,34?,38?/m1/s1. The summed E-state index contributed by atoms with van der Waals surface area (Å²) in [6.07, 6.45) is 13.2. The van der Waals surface area contributed by atoms with Crippen LogP contribution in [-0.4, -0.2) is 40.8 Å². The fourth-order valence-electron chi connectivity index (χ4n) is 6.61. The number of hydrogen-bond donors (Lipinski definition) is 3. The second-order valence-corrected chi connectivity index (χ2v) is 15.9. The van der Waals surface area contributed by atoms with Crippen LogP contribution in [0.25, 0.3) is 0 Å². The van der Waals surface area contributed by atoms with Gasteiger partial charge in [0.2, 0.25) is 0 Å². The van der Waals surface area contributed by atoms with E-state index in [2.05, 4.69) is 58.3 Å². The predicted octanol–water partition coefficient (Wildman–Crippen LogP) is 8.22. The third-order valence-corrected chi connectivity index (χ3v) is 9.46. The third-order valence-electron chi connectivity index (χ3n) is 9.46. The molecule has 0 radical (unpaired) electrons. The number of ether oxygens (including phenoxy) is 1. The predicted molar refractivity (Wildman–Crippen MR) is 180 cm³/mol. The van der Waals surface area contributed by atoms with Crippen molar-refractivity contribution in [3.8, 4) is 0 Å². The lowest BCUT2D eigenvalue weighted by molar-refractivity contribution is -0.120. The summed E-state index contributed by atoms with van der Waals surface area (Å²) in [5, 5.41) is 19.0. The SMILES string of the molecule is CC(=O)C(CC(O)C1=CC=CCC1)NC1(N[C@H](CCC(C)(C)C)c2ccc(C(=O)OC(C)C)cc2)CCC(C(C)(C)C)CC1. The molecule has 1 saturated carbocycles. The summed E-state index contributed by atoms with van der Waals surface area (Å²) in [6, 6.07) is 7.37. The van der Waals surface area contributed by atoms with Gasteiger partial charge in [-0.3, -0.25) is 15.4 Å². The Balaban J connectivity index is 1.93. The summed E-state index contributed by atoms with van der Waals surface area (Å²) in [5.74, 6) is 0.337. The number of aliphatic hydroxyl groups excluding tert-OH is 1. The van der Waals surface area contributed by atoms with E-state index in [0.717, 1.165) is 62.5 Å². The molecule has 0 spiro atoms. The van der Waals surface area contributed by atoms with Crippen LogP contribution in [0.2, 0.25) is 0 Å². The van der Waals surface area contributed by atoms with Crippen molar-refractivity contribution in [1.82, 2.24) is 10.6 Å². The first-order valence-electron chi connectivity index (χ1n) is 16.9. The van der Waals surface area contributed by atoms with Gasteiger partial charge in [-0.1, -0.05) is 71.9 Å². The van der Waals surface area contributed by atoms with Gasteiger partial charge in [0.1, 0.15) is 5.78 Å². The number of carbonyl (C=O) groups excluding carboxylic acids is 2. The second-order valence-electron chi connectivity index (χ2n) is 15.9. The van der Waals surface area contributed by atoms with Crippen LogP contribution in [0, 0.1) is 16.7 Å². The topological polar surface area (TPSA) is 87.7 Å². The van der Waals surface area contributed by atoms with Crippen molar-refractivity contribution in [2.45, 2.75) is 150 Å². The van der Waals surface area contributed by atoms with Gasteiger partial charge >= 0.3 is 5.97 Å². The van der Waals surface area contributed by atoms with Gasteiger partial charge in [-0.25, -0.2) is 4.79 Å². The number of Topliss-reactive ketones (excluding diaryl/α,β-unsaturated/α-hetero) is 1. The van der Waals surface area contributed by atoms with Crippen LogP contribution in [0.3, 0.4) is 0 Å². The molecule has 2 aliphatic rings. The Hall–Kier alpha value is -2.28. The number of esters is 1. The highest BCUT2D eigenvalue weighted by Gasteiger charge is 2.42. The summed E-state index contributed by atoms with van der Waals surface area (Å²) in [6.45, 7) is 19.1. The first-order chi connectivity index (χ1) is 20.5. The quantitative estimate of drug-likeness (QED) is 0.155. The van der Waals surface area contributed by atoms with E-state index in [-0.39, 0.29) is 34.7 Å². The molecule has 0 bridgehead atoms. The molecule has 2 aliphatic carbocycles. The lowest BCUT2D eigenvalue weighted by atomic mass is 9.69. The maximum absolute atomic E-state index is 13.1. The second kappa shape index (κ2) is 15.3. The highest BCUT2D eigenvalue weighted by atomic mass is 16.5. The van der Waals surface area contributed by atoms with E-state index < -0.39 is 17.8 Å². The van der Waals surface area contributed by atoms with Crippen LogP contribution in [0.4, 0.5) is 0 Å². The average Bonchev–Trinajstić information content (AvgIpc) is 2.94. The molecule has 44 heavy (non-hydrogen) atoms. The Morgan fingerprint density at radius 1 is 1.02 bits per heavy atom. The van der Waals surface area contributed by atoms with Gasteiger partial charge in [0.05, 0.1) is 29.5 Å². The molecule has 3 atom stereocenters. The highest BCUT2D eigenvalue weighted by Crippen LogP contribution is 2.42. The molecule has 246 valence electrons. The van der Waals surface area contributed by atoms with Crippen LogP contribution in [0.15, 0.2) is 48.1 Å². The van der Waals surface area contributed by atoms with Crippen LogP contribution < -0.4 is 10.6 Å². The van der Waals surface area contributed by atoms with E-state index >= 15 is 0 Å². The fraction of sp³-hybridized carbons (Fsp3) is 0.684. The first-order valence-corrected chi connectivity index (χ1v) is 16.9. The van der Waals surface area contributed by atoms with Crippen LogP contribution >= 0.6 is 0 Å². The Bertz CT molecular complexity index is 1140. The zero-order valence-electron chi connectivity index (χ0n) is 29.0. The third kappa shape index (κ3) is 11.0. The summed E-state index contributed by atoms with van der Waals surface area (Å²) >= 11 is 0. The zero-order chi connectivity index (χ0) is 32.7. The maximum atomic E-state index is 13.1. The molecule has 1 aromatic rings. The van der Waals surface area contributed by atoms with Gasteiger partial charge in [0.25, 0.3) is 0 Å². The summed E-state index contributed by atoms with van der Waals surface area (Å²) in [7, 11) is 0. The van der Waals surface area contributed by atoms with E-state index in [9.17, 15) is 14.7 Å². The zero-order valence-corrected chi connectivity index (χ0v) is 29.0. The fourth-order valence-corrected chi connectivity index (χ4v) is 6.61. The van der Waals surface area contributed by atoms with E-state index in [4.69, 9.17) is 4.74 Å². The maximum Gasteiger partial charge on any atom is 0.338 e. The van der Waals surface area contributed by atoms with E-state index in [1.165, 1.54) is 0 Å². The summed E-state index contributed by atoms with van der Waals surface area (Å²) in [4.78, 5) is 25.7. The van der Waals surface area contributed by atoms with Crippen molar-refractivity contribution in [3.05, 3.63) is 59.2 Å². The van der Waals surface area contributed by atoms with E-state index in [0.29, 0.717) is 17.9 Å². The monoisotopic (exact) mass is 608 g/mol. The molecular weight excluding hydrogens is 548 g/mol. The van der Waals surface area contributed by atoms with Gasteiger partial charge < -0.3 is 9.84 Å². The number of rotatable bonds is 13. The Morgan fingerprint density at radius 3 is 2.16 bits per heavy atom. The minimum absolute atomic E-state index is 0.0202. The molecule has 0 heterocycles. The Morgan fingerprint density at radius 2 is 1.66 bits per heavy atom. The van der Waals surface area contributed by atoms with E-state index in [1.54, 1.807) is 6.92 Å². The van der Waals surface area contributed by atoms with Crippen LogP contribution in [0.1, 0.15) is 142 Å². The lowest BCUT2D eigenvalue weighted by Gasteiger charge is -2.48. The van der Waals surface area contributed by atoms with Crippen molar-refractivity contribution in [1.29, 1.82) is 0 Å². The summed E-state index contributed by atoms with van der Waals surface area (Å²) in [5.41, 5.74) is 2.57. The number of aliphatic hydroxyl groups is 1. The minimum Gasteiger partial charge on any atom is -0.459 e. The van der Waals surface area contributed by atoms with Crippen molar-refractivity contribution in [2.75, 3.05) is 0 Å². The largest absolute Gasteiger partial charge is 0.459 e. The van der Waals surface area contributed by atoms with Crippen molar-refractivity contribution in [2.24, 2.45) is 16.7 Å². The normalized spacial score (nSPS) is 23.2. The molecule has 3 N–H and O–H groups in total. The smallest absolute Gasteiger partial charge is 0.338 e. The highest BCUT2D eigenvalue weighted by molar-refractivity contribution is 5.89. The van der Waals surface area contributed by atoms with Crippen molar-refractivity contribution >= 4 is 11.8 Å². The molecule has 0 aromatic heterocycles. The lowest BCUT2D eigenvalue weighted by Crippen LogP contribution is -2.64.